The summed E-state index contributed by atoms with van der Waals surface area (Å²) in [5.41, 5.74) is -0.868. The molecule has 1 aliphatic rings. The second-order valence-corrected chi connectivity index (χ2v) is 5.62. The van der Waals surface area contributed by atoms with E-state index >= 15 is 0 Å². The molecule has 1 amide bonds. The Labute approximate surface area is 137 Å². The van der Waals surface area contributed by atoms with E-state index in [-0.39, 0.29) is 17.2 Å². The average Bonchev–Trinajstić information content (AvgIpc) is 3.38. The molecule has 1 fully saturated rings. The van der Waals surface area contributed by atoms with Crippen LogP contribution in [0.1, 0.15) is 30.1 Å². The quantitative estimate of drug-likeness (QED) is 0.770. The minimum absolute atomic E-state index is 0.0893. The Morgan fingerprint density at radius 3 is 2.50 bits per heavy atom. The number of nitrogens with one attached hydrogen (secondary N) is 1. The van der Waals surface area contributed by atoms with E-state index < -0.39 is 30.6 Å². The highest BCUT2D eigenvalue weighted by Gasteiger charge is 2.43. The van der Waals surface area contributed by atoms with E-state index in [9.17, 15) is 18.4 Å². The minimum Gasteiger partial charge on any atom is -0.452 e. The maximum Gasteiger partial charge on any atom is 0.387 e. The monoisotopic (exact) mass is 338 g/mol. The largest absolute Gasteiger partial charge is 0.452 e. The Morgan fingerprint density at radius 2 is 2.00 bits per heavy atom. The number of nitriles is 1. The number of halogens is 2. The van der Waals surface area contributed by atoms with Crippen molar-refractivity contribution < 1.29 is 27.8 Å². The molecule has 0 heterocycles. The van der Waals surface area contributed by atoms with Crippen molar-refractivity contribution in [1.82, 2.24) is 5.32 Å². The first-order chi connectivity index (χ1) is 11.3. The lowest BCUT2D eigenvalue weighted by Crippen LogP contribution is -2.48. The molecular formula is C16H16F2N2O4. The van der Waals surface area contributed by atoms with Gasteiger partial charge in [0.05, 0.1) is 11.6 Å². The van der Waals surface area contributed by atoms with Crippen LogP contribution in [0.2, 0.25) is 0 Å². The molecule has 1 atom stereocenters. The molecule has 8 heteroatoms. The number of hydrogen-bond donors (Lipinski definition) is 1. The van der Waals surface area contributed by atoms with Crippen molar-refractivity contribution in [2.75, 3.05) is 6.61 Å². The SMILES string of the molecule is C[C@@](C#N)(NC(=O)COC(=O)c1ccc(OC(F)F)cc1)C1CC1. The maximum atomic E-state index is 12.0. The fourth-order valence-corrected chi connectivity index (χ4v) is 2.19. The highest BCUT2D eigenvalue weighted by atomic mass is 19.3. The van der Waals surface area contributed by atoms with Gasteiger partial charge in [-0.1, -0.05) is 0 Å². The van der Waals surface area contributed by atoms with Crippen LogP contribution in [0.5, 0.6) is 5.75 Å². The van der Waals surface area contributed by atoms with E-state index in [1.807, 2.05) is 0 Å². The molecule has 2 rings (SSSR count). The van der Waals surface area contributed by atoms with Crippen molar-refractivity contribution in [2.24, 2.45) is 5.92 Å². The van der Waals surface area contributed by atoms with Gasteiger partial charge in [0.25, 0.3) is 5.91 Å². The van der Waals surface area contributed by atoms with E-state index in [0.717, 1.165) is 12.8 Å². The van der Waals surface area contributed by atoms with Gasteiger partial charge in [-0.3, -0.25) is 4.79 Å². The lowest BCUT2D eigenvalue weighted by molar-refractivity contribution is -0.125. The highest BCUT2D eigenvalue weighted by Crippen LogP contribution is 2.39. The van der Waals surface area contributed by atoms with Crippen LogP contribution >= 0.6 is 0 Å². The van der Waals surface area contributed by atoms with Gasteiger partial charge in [-0.2, -0.15) is 14.0 Å². The van der Waals surface area contributed by atoms with E-state index in [1.165, 1.54) is 24.3 Å². The smallest absolute Gasteiger partial charge is 0.387 e. The summed E-state index contributed by atoms with van der Waals surface area (Å²) in [6, 6.07) is 6.96. The third-order valence-corrected chi connectivity index (χ3v) is 3.67. The van der Waals surface area contributed by atoms with Gasteiger partial charge in [-0.15, -0.1) is 0 Å². The fraction of sp³-hybridized carbons (Fsp3) is 0.438. The molecule has 1 aromatic rings. The molecule has 1 aliphatic carbocycles. The summed E-state index contributed by atoms with van der Waals surface area (Å²) in [5, 5.41) is 11.7. The van der Waals surface area contributed by atoms with Gasteiger partial charge in [0.1, 0.15) is 11.3 Å². The number of ether oxygens (including phenoxy) is 2. The van der Waals surface area contributed by atoms with E-state index in [4.69, 9.17) is 10.00 Å². The number of benzene rings is 1. The van der Waals surface area contributed by atoms with E-state index in [2.05, 4.69) is 16.1 Å². The number of nitrogens with zero attached hydrogens (tertiary/aromatic N) is 1. The first-order valence-corrected chi connectivity index (χ1v) is 7.28. The summed E-state index contributed by atoms with van der Waals surface area (Å²) >= 11 is 0. The van der Waals surface area contributed by atoms with Gasteiger partial charge in [0.2, 0.25) is 0 Å². The zero-order chi connectivity index (χ0) is 17.7. The molecule has 24 heavy (non-hydrogen) atoms. The Balaban J connectivity index is 1.84. The van der Waals surface area contributed by atoms with Gasteiger partial charge < -0.3 is 14.8 Å². The van der Waals surface area contributed by atoms with E-state index in [1.54, 1.807) is 6.92 Å². The molecule has 0 aromatic heterocycles. The first-order valence-electron chi connectivity index (χ1n) is 7.28. The first kappa shape index (κ1) is 17.7. The second kappa shape index (κ2) is 7.25. The summed E-state index contributed by atoms with van der Waals surface area (Å²) in [4.78, 5) is 23.6. The van der Waals surface area contributed by atoms with Crippen LogP contribution in [0.25, 0.3) is 0 Å². The molecule has 0 unspecified atom stereocenters. The molecule has 0 radical (unpaired) electrons. The van der Waals surface area contributed by atoms with Crippen LogP contribution in [0, 0.1) is 17.2 Å². The lowest BCUT2D eigenvalue weighted by atomic mass is 9.98. The normalized spacial score (nSPS) is 16.0. The molecule has 128 valence electrons. The van der Waals surface area contributed by atoms with Crippen LogP contribution in [0.4, 0.5) is 8.78 Å². The van der Waals surface area contributed by atoms with E-state index in [0.29, 0.717) is 0 Å². The number of carbonyl (C=O) groups is 2. The zero-order valence-electron chi connectivity index (χ0n) is 12.9. The molecule has 6 nitrogen and oxygen atoms in total. The molecule has 0 aliphatic heterocycles. The summed E-state index contributed by atoms with van der Waals surface area (Å²) < 4.78 is 33.1. The number of rotatable bonds is 7. The zero-order valence-corrected chi connectivity index (χ0v) is 12.9. The number of amides is 1. The Hall–Kier alpha value is -2.69. The Morgan fingerprint density at radius 1 is 1.38 bits per heavy atom. The van der Waals surface area contributed by atoms with Gasteiger partial charge in [0, 0.05) is 0 Å². The third kappa shape index (κ3) is 4.65. The van der Waals surface area contributed by atoms with Crippen LogP contribution in [-0.4, -0.2) is 30.6 Å². The van der Waals surface area contributed by atoms with Gasteiger partial charge >= 0.3 is 12.6 Å². The standard InChI is InChI=1S/C16H16F2N2O4/c1-16(9-19,11-4-5-11)20-13(21)8-23-14(22)10-2-6-12(7-3-10)24-15(17)18/h2-3,6-7,11,15H,4-5,8H2,1H3,(H,20,21)/t16-/m0/s1. The number of hydrogen-bond acceptors (Lipinski definition) is 5. The van der Waals surface area contributed by atoms with Gasteiger partial charge in [-0.25, -0.2) is 4.79 Å². The minimum atomic E-state index is -2.95. The van der Waals surface area contributed by atoms with Crippen molar-refractivity contribution in [2.45, 2.75) is 31.9 Å². The van der Waals surface area contributed by atoms with Crippen molar-refractivity contribution in [1.29, 1.82) is 5.26 Å². The predicted octanol–water partition coefficient (Wildman–Crippen LogP) is 2.25. The Bertz CT molecular complexity index is 653. The maximum absolute atomic E-state index is 12.0. The number of alkyl halides is 2. The molecule has 1 saturated carbocycles. The molecule has 1 aromatic carbocycles. The molecule has 0 bridgehead atoms. The number of esters is 1. The second-order valence-electron chi connectivity index (χ2n) is 5.62. The molecule has 0 spiro atoms. The Kier molecular flexibility index (Phi) is 5.34. The van der Waals surface area contributed by atoms with Crippen LogP contribution in [0.15, 0.2) is 24.3 Å². The average molecular weight is 338 g/mol. The summed E-state index contributed by atoms with van der Waals surface area (Å²) in [5.74, 6) is -1.33. The van der Waals surface area contributed by atoms with Crippen molar-refractivity contribution >= 4 is 11.9 Å². The molecular weight excluding hydrogens is 322 g/mol. The molecule has 1 N–H and O–H groups in total. The van der Waals surface area contributed by atoms with Crippen LogP contribution in [0.3, 0.4) is 0 Å². The van der Waals surface area contributed by atoms with Crippen molar-refractivity contribution in [3.8, 4) is 11.8 Å². The van der Waals surface area contributed by atoms with Crippen molar-refractivity contribution in [3.63, 3.8) is 0 Å². The fourth-order valence-electron chi connectivity index (χ4n) is 2.19. The highest BCUT2D eigenvalue weighted by molar-refractivity contribution is 5.91. The van der Waals surface area contributed by atoms with Crippen molar-refractivity contribution in [3.05, 3.63) is 29.8 Å². The lowest BCUT2D eigenvalue weighted by Gasteiger charge is -2.22. The topological polar surface area (TPSA) is 88.4 Å². The summed E-state index contributed by atoms with van der Waals surface area (Å²) in [6.45, 7) is -1.85. The summed E-state index contributed by atoms with van der Waals surface area (Å²) in [6.07, 6.45) is 1.74. The van der Waals surface area contributed by atoms with Gasteiger partial charge in [-0.05, 0) is 49.9 Å². The van der Waals surface area contributed by atoms with Gasteiger partial charge in [0.15, 0.2) is 6.61 Å². The third-order valence-electron chi connectivity index (χ3n) is 3.67. The van der Waals surface area contributed by atoms with Crippen LogP contribution in [-0.2, 0) is 9.53 Å². The predicted molar refractivity (Wildman–Crippen MR) is 78.2 cm³/mol. The molecule has 0 saturated heterocycles. The van der Waals surface area contributed by atoms with Crippen LogP contribution < -0.4 is 10.1 Å². The summed E-state index contributed by atoms with van der Waals surface area (Å²) in [7, 11) is 0. The number of carbonyl (C=O) groups excluding carboxylic acids is 2.